The second kappa shape index (κ2) is 5.57. The molecule has 0 unspecified atom stereocenters. The number of esters is 1. The topological polar surface area (TPSA) is 42.4 Å². The second-order valence-electron chi connectivity index (χ2n) is 4.30. The van der Waals surface area contributed by atoms with Crippen molar-refractivity contribution in [3.63, 3.8) is 0 Å². The number of nitrogens with zero attached hydrogens (tertiary/aromatic N) is 2. The van der Waals surface area contributed by atoms with E-state index in [1.54, 1.807) is 13.1 Å². The summed E-state index contributed by atoms with van der Waals surface area (Å²) in [5.41, 5.74) is 2.15. The van der Waals surface area contributed by atoms with Crippen LogP contribution in [0, 0.1) is 0 Å². The predicted octanol–water partition coefficient (Wildman–Crippen LogP) is 3.24. The molecule has 100 valence electrons. The fraction of sp³-hybridized carbons (Fsp3) is 0.286. The maximum Gasteiger partial charge on any atom is 0.341 e. The summed E-state index contributed by atoms with van der Waals surface area (Å²) < 4.78 is 6.03. The van der Waals surface area contributed by atoms with Gasteiger partial charge in [-0.25, -0.2) is 4.79 Å². The Hall–Kier alpha value is -1.62. The normalized spacial score (nSPS) is 10.5. The lowest BCUT2D eigenvalue weighted by atomic mass is 10.1. The molecule has 0 atom stereocenters. The first kappa shape index (κ1) is 13.8. The van der Waals surface area contributed by atoms with Crippen molar-refractivity contribution in [3.05, 3.63) is 34.4 Å². The van der Waals surface area contributed by atoms with Gasteiger partial charge in [0, 0.05) is 30.2 Å². The van der Waals surface area contributed by atoms with Gasteiger partial charge in [-0.2, -0.15) is 0 Å². The van der Waals surface area contributed by atoms with Crippen LogP contribution in [0.1, 0.15) is 17.3 Å². The van der Waals surface area contributed by atoms with Crippen molar-refractivity contribution in [3.8, 4) is 0 Å². The molecule has 5 heteroatoms. The molecule has 0 bridgehead atoms. The number of fused-ring (bicyclic) bond motifs is 1. The molecule has 0 aliphatic heterocycles. The van der Waals surface area contributed by atoms with E-state index in [2.05, 4.69) is 20.9 Å². The first-order valence-electron chi connectivity index (χ1n) is 5.97. The lowest BCUT2D eigenvalue weighted by Crippen LogP contribution is -2.16. The fourth-order valence-corrected chi connectivity index (χ4v) is 2.35. The predicted molar refractivity (Wildman–Crippen MR) is 79.7 cm³/mol. The van der Waals surface area contributed by atoms with Gasteiger partial charge >= 0.3 is 5.97 Å². The molecule has 2 aromatic rings. The Morgan fingerprint density at radius 1 is 1.42 bits per heavy atom. The number of benzene rings is 1. The molecule has 0 radical (unpaired) electrons. The van der Waals surface area contributed by atoms with Crippen molar-refractivity contribution in [1.29, 1.82) is 0 Å². The molecule has 4 nitrogen and oxygen atoms in total. The van der Waals surface area contributed by atoms with Crippen LogP contribution in [-0.2, 0) is 4.74 Å². The van der Waals surface area contributed by atoms with E-state index < -0.39 is 0 Å². The number of halogens is 1. The lowest BCUT2D eigenvalue weighted by molar-refractivity contribution is 0.0527. The molecule has 1 aromatic carbocycles. The summed E-state index contributed by atoms with van der Waals surface area (Å²) in [6, 6.07) is 5.81. The summed E-state index contributed by atoms with van der Waals surface area (Å²) in [5, 5.41) is 0.921. The van der Waals surface area contributed by atoms with Crippen LogP contribution in [0.2, 0.25) is 0 Å². The molecule has 1 heterocycles. The smallest absolute Gasteiger partial charge is 0.341 e. The molecule has 0 saturated carbocycles. The third-order valence-electron chi connectivity index (χ3n) is 2.74. The maximum atomic E-state index is 12.0. The molecule has 0 spiro atoms. The van der Waals surface area contributed by atoms with E-state index in [0.29, 0.717) is 12.2 Å². The van der Waals surface area contributed by atoms with Crippen molar-refractivity contribution >= 4 is 38.5 Å². The summed E-state index contributed by atoms with van der Waals surface area (Å²) in [7, 11) is 3.80. The fourth-order valence-electron chi connectivity index (χ4n) is 1.99. The summed E-state index contributed by atoms with van der Waals surface area (Å²) in [4.78, 5) is 18.2. The van der Waals surface area contributed by atoms with Gasteiger partial charge in [0.15, 0.2) is 0 Å². The minimum atomic E-state index is -0.347. The van der Waals surface area contributed by atoms with Crippen LogP contribution in [0.15, 0.2) is 28.9 Å². The van der Waals surface area contributed by atoms with E-state index in [4.69, 9.17) is 4.74 Å². The molecule has 19 heavy (non-hydrogen) atoms. The van der Waals surface area contributed by atoms with Gasteiger partial charge in [-0.1, -0.05) is 15.9 Å². The third-order valence-corrected chi connectivity index (χ3v) is 3.24. The first-order valence-corrected chi connectivity index (χ1v) is 6.76. The standard InChI is InChI=1S/C14H15BrN2O2/c1-4-19-14(18)11-8-16-12-6-5-9(15)7-10(12)13(11)17(2)3/h5-8H,4H2,1-3H3. The van der Waals surface area contributed by atoms with E-state index in [1.165, 1.54) is 0 Å². The summed E-state index contributed by atoms with van der Waals surface area (Å²) in [6.07, 6.45) is 1.57. The van der Waals surface area contributed by atoms with Crippen LogP contribution >= 0.6 is 15.9 Å². The molecule has 0 aliphatic rings. The molecule has 2 rings (SSSR count). The van der Waals surface area contributed by atoms with Crippen molar-refractivity contribution < 1.29 is 9.53 Å². The number of hydrogen-bond acceptors (Lipinski definition) is 4. The summed E-state index contributed by atoms with van der Waals surface area (Å²) in [5.74, 6) is -0.347. The molecule has 0 aliphatic carbocycles. The number of carbonyl (C=O) groups excluding carboxylic acids is 1. The average molecular weight is 323 g/mol. The van der Waals surface area contributed by atoms with Gasteiger partial charge in [-0.15, -0.1) is 0 Å². The van der Waals surface area contributed by atoms with Gasteiger partial charge in [0.1, 0.15) is 5.56 Å². The van der Waals surface area contributed by atoms with Gasteiger partial charge in [0.25, 0.3) is 0 Å². The molecular weight excluding hydrogens is 308 g/mol. The van der Waals surface area contributed by atoms with E-state index in [-0.39, 0.29) is 5.97 Å². The van der Waals surface area contributed by atoms with Crippen LogP contribution in [0.25, 0.3) is 10.9 Å². The molecule has 0 fully saturated rings. The van der Waals surface area contributed by atoms with Gasteiger partial charge in [-0.05, 0) is 25.1 Å². The Labute approximate surface area is 120 Å². The number of hydrogen-bond donors (Lipinski definition) is 0. The summed E-state index contributed by atoms with van der Waals surface area (Å²) >= 11 is 3.45. The Kier molecular flexibility index (Phi) is 4.04. The van der Waals surface area contributed by atoms with Gasteiger partial charge in [0.05, 0.1) is 17.8 Å². The van der Waals surface area contributed by atoms with E-state index in [0.717, 1.165) is 21.1 Å². The van der Waals surface area contributed by atoms with Crippen molar-refractivity contribution in [2.75, 3.05) is 25.6 Å². The quantitative estimate of drug-likeness (QED) is 0.813. The molecular formula is C14H15BrN2O2. The lowest BCUT2D eigenvalue weighted by Gasteiger charge is -2.19. The van der Waals surface area contributed by atoms with Crippen molar-refractivity contribution in [2.45, 2.75) is 6.92 Å². The highest BCUT2D eigenvalue weighted by Gasteiger charge is 2.18. The Balaban J connectivity index is 2.71. The minimum Gasteiger partial charge on any atom is -0.462 e. The number of pyridine rings is 1. The minimum absolute atomic E-state index is 0.347. The zero-order chi connectivity index (χ0) is 14.0. The number of anilines is 1. The number of carbonyl (C=O) groups is 1. The number of ether oxygens (including phenoxy) is 1. The van der Waals surface area contributed by atoms with Gasteiger partial charge in [0.2, 0.25) is 0 Å². The highest BCUT2D eigenvalue weighted by Crippen LogP contribution is 2.30. The third kappa shape index (κ3) is 2.71. The van der Waals surface area contributed by atoms with Crippen LogP contribution in [0.3, 0.4) is 0 Å². The van der Waals surface area contributed by atoms with E-state index in [9.17, 15) is 4.79 Å². The van der Waals surface area contributed by atoms with Gasteiger partial charge in [-0.3, -0.25) is 4.98 Å². The average Bonchev–Trinajstić information content (AvgIpc) is 2.37. The summed E-state index contributed by atoms with van der Waals surface area (Å²) in [6.45, 7) is 2.14. The highest BCUT2D eigenvalue weighted by atomic mass is 79.9. The Morgan fingerprint density at radius 3 is 2.79 bits per heavy atom. The molecule has 0 N–H and O–H groups in total. The largest absolute Gasteiger partial charge is 0.462 e. The van der Waals surface area contributed by atoms with Crippen LogP contribution in [-0.4, -0.2) is 31.7 Å². The van der Waals surface area contributed by atoms with Crippen LogP contribution in [0.4, 0.5) is 5.69 Å². The SMILES string of the molecule is CCOC(=O)c1cnc2ccc(Br)cc2c1N(C)C. The highest BCUT2D eigenvalue weighted by molar-refractivity contribution is 9.10. The van der Waals surface area contributed by atoms with Crippen molar-refractivity contribution in [2.24, 2.45) is 0 Å². The second-order valence-corrected chi connectivity index (χ2v) is 5.21. The van der Waals surface area contributed by atoms with Gasteiger partial charge < -0.3 is 9.64 Å². The first-order chi connectivity index (χ1) is 9.04. The van der Waals surface area contributed by atoms with Crippen molar-refractivity contribution in [1.82, 2.24) is 4.98 Å². The monoisotopic (exact) mass is 322 g/mol. The van der Waals surface area contributed by atoms with Crippen LogP contribution < -0.4 is 4.90 Å². The maximum absolute atomic E-state index is 12.0. The zero-order valence-corrected chi connectivity index (χ0v) is 12.7. The molecule has 0 saturated heterocycles. The van der Waals surface area contributed by atoms with E-state index >= 15 is 0 Å². The zero-order valence-electron chi connectivity index (χ0n) is 11.1. The number of aromatic nitrogens is 1. The Morgan fingerprint density at radius 2 is 2.16 bits per heavy atom. The molecule has 1 aromatic heterocycles. The van der Waals surface area contributed by atoms with Crippen LogP contribution in [0.5, 0.6) is 0 Å². The Bertz CT molecular complexity index is 626. The van der Waals surface area contributed by atoms with E-state index in [1.807, 2.05) is 37.2 Å². The molecule has 0 amide bonds. The number of rotatable bonds is 3.